The minimum absolute atomic E-state index is 0.0492. The quantitative estimate of drug-likeness (QED) is 0.287. The van der Waals surface area contributed by atoms with Crippen LogP contribution in [0.1, 0.15) is 10.4 Å². The summed E-state index contributed by atoms with van der Waals surface area (Å²) in [4.78, 5) is 12.6. The van der Waals surface area contributed by atoms with E-state index in [2.05, 4.69) is 10.0 Å². The lowest BCUT2D eigenvalue weighted by molar-refractivity contribution is 0.112. The smallest absolute Gasteiger partial charge is 0.152 e. The number of carbonyl (C=O) groups excluding carboxylic acids is 1. The summed E-state index contributed by atoms with van der Waals surface area (Å²) in [5.74, 6) is -0.685. The Balaban J connectivity index is 3.17. The number of azide groups is 1. The number of rotatable bonds is 2. The van der Waals surface area contributed by atoms with Crippen molar-refractivity contribution in [2.75, 3.05) is 0 Å². The van der Waals surface area contributed by atoms with Crippen LogP contribution in [0, 0.1) is 5.82 Å². The molecule has 0 N–H and O–H groups in total. The topological polar surface area (TPSA) is 65.8 Å². The lowest BCUT2D eigenvalue weighted by Gasteiger charge is -1.94. The molecule has 0 bridgehead atoms. The molecule has 60 valence electrons. The van der Waals surface area contributed by atoms with Gasteiger partial charge in [0.25, 0.3) is 0 Å². The summed E-state index contributed by atoms with van der Waals surface area (Å²) in [7, 11) is 0. The first-order valence-electron chi connectivity index (χ1n) is 3.08. The Morgan fingerprint density at radius 1 is 1.58 bits per heavy atom. The fourth-order valence-electron chi connectivity index (χ4n) is 0.725. The molecule has 4 nitrogen and oxygen atoms in total. The van der Waals surface area contributed by atoms with Gasteiger partial charge in [-0.2, -0.15) is 0 Å². The first-order valence-corrected chi connectivity index (χ1v) is 3.08. The molecule has 1 aromatic carbocycles. The van der Waals surface area contributed by atoms with Crippen molar-refractivity contribution in [1.82, 2.24) is 0 Å². The van der Waals surface area contributed by atoms with Crippen molar-refractivity contribution in [1.29, 1.82) is 0 Å². The van der Waals surface area contributed by atoms with Crippen LogP contribution >= 0.6 is 0 Å². The number of halogens is 1. The van der Waals surface area contributed by atoms with Gasteiger partial charge in [-0.15, -0.1) is 0 Å². The van der Waals surface area contributed by atoms with Crippen LogP contribution in [0.25, 0.3) is 10.4 Å². The molecule has 0 aliphatic heterocycles. The molecular formula is C7H4FN3O. The van der Waals surface area contributed by atoms with E-state index in [0.717, 1.165) is 6.07 Å². The molecule has 0 aliphatic carbocycles. The molecule has 0 radical (unpaired) electrons. The van der Waals surface area contributed by atoms with E-state index >= 15 is 0 Å². The summed E-state index contributed by atoms with van der Waals surface area (Å²) in [6, 6.07) is 3.63. The van der Waals surface area contributed by atoms with Crippen LogP contribution in [-0.4, -0.2) is 6.29 Å². The van der Waals surface area contributed by atoms with Crippen LogP contribution in [0.3, 0.4) is 0 Å². The van der Waals surface area contributed by atoms with Crippen LogP contribution in [0.4, 0.5) is 10.1 Å². The van der Waals surface area contributed by atoms with Crippen molar-refractivity contribution in [3.05, 3.63) is 40.0 Å². The van der Waals surface area contributed by atoms with Crippen LogP contribution in [0.2, 0.25) is 0 Å². The van der Waals surface area contributed by atoms with Gasteiger partial charge in [0.2, 0.25) is 0 Å². The van der Waals surface area contributed by atoms with Crippen molar-refractivity contribution in [3.63, 3.8) is 0 Å². The Labute approximate surface area is 67.3 Å². The van der Waals surface area contributed by atoms with Gasteiger partial charge in [-0.1, -0.05) is 11.2 Å². The van der Waals surface area contributed by atoms with Crippen molar-refractivity contribution in [2.45, 2.75) is 0 Å². The van der Waals surface area contributed by atoms with Gasteiger partial charge in [-0.05, 0) is 17.7 Å². The third-order valence-electron chi connectivity index (χ3n) is 1.27. The van der Waals surface area contributed by atoms with Gasteiger partial charge >= 0.3 is 0 Å². The normalized spacial score (nSPS) is 8.75. The van der Waals surface area contributed by atoms with Crippen LogP contribution in [-0.2, 0) is 0 Å². The molecule has 0 heterocycles. The number of nitrogens with zero attached hydrogens (tertiary/aromatic N) is 3. The standard InChI is InChI=1S/C7H4FN3O/c8-7-3-6(10-11-9)2-1-5(7)4-12/h1-4H. The van der Waals surface area contributed by atoms with Gasteiger partial charge in [0.1, 0.15) is 5.82 Å². The van der Waals surface area contributed by atoms with Crippen molar-refractivity contribution >= 4 is 12.0 Å². The second kappa shape index (κ2) is 3.50. The number of benzene rings is 1. The number of aldehydes is 1. The van der Waals surface area contributed by atoms with E-state index in [9.17, 15) is 9.18 Å². The SMILES string of the molecule is [N-]=[N+]=Nc1ccc(C=O)c(F)c1. The monoisotopic (exact) mass is 165 g/mol. The van der Waals surface area contributed by atoms with E-state index in [4.69, 9.17) is 5.53 Å². The molecule has 0 aliphatic rings. The molecule has 0 fully saturated rings. The molecule has 0 saturated carbocycles. The predicted molar refractivity (Wildman–Crippen MR) is 40.6 cm³/mol. The zero-order chi connectivity index (χ0) is 8.97. The molecule has 0 amide bonds. The third kappa shape index (κ3) is 1.59. The maximum absolute atomic E-state index is 12.8. The van der Waals surface area contributed by atoms with Gasteiger partial charge in [0.05, 0.1) is 5.56 Å². The van der Waals surface area contributed by atoms with Crippen LogP contribution in [0.5, 0.6) is 0 Å². The Morgan fingerprint density at radius 3 is 2.83 bits per heavy atom. The number of hydrogen-bond acceptors (Lipinski definition) is 2. The highest BCUT2D eigenvalue weighted by atomic mass is 19.1. The van der Waals surface area contributed by atoms with Crippen LogP contribution in [0.15, 0.2) is 23.3 Å². The van der Waals surface area contributed by atoms with Gasteiger partial charge < -0.3 is 0 Å². The van der Waals surface area contributed by atoms with Crippen molar-refractivity contribution in [2.24, 2.45) is 5.11 Å². The summed E-state index contributed by atoms with van der Waals surface area (Å²) in [5, 5.41) is 3.17. The highest BCUT2D eigenvalue weighted by Gasteiger charge is 1.99. The predicted octanol–water partition coefficient (Wildman–Crippen LogP) is 2.58. The maximum atomic E-state index is 12.8. The molecular weight excluding hydrogens is 161 g/mol. The molecule has 5 heteroatoms. The fourth-order valence-corrected chi connectivity index (χ4v) is 0.725. The highest BCUT2D eigenvalue weighted by Crippen LogP contribution is 2.15. The Bertz CT molecular complexity index is 358. The summed E-state index contributed by atoms with van der Waals surface area (Å²) >= 11 is 0. The average Bonchev–Trinajstić information content (AvgIpc) is 2.05. The van der Waals surface area contributed by atoms with E-state index in [1.54, 1.807) is 0 Å². The molecule has 12 heavy (non-hydrogen) atoms. The molecule has 0 saturated heterocycles. The number of carbonyl (C=O) groups is 1. The minimum Gasteiger partial charge on any atom is -0.298 e. The minimum atomic E-state index is -0.685. The van der Waals surface area contributed by atoms with Crippen molar-refractivity contribution < 1.29 is 9.18 Å². The summed E-state index contributed by atoms with van der Waals surface area (Å²) in [6.45, 7) is 0. The average molecular weight is 165 g/mol. The zero-order valence-corrected chi connectivity index (χ0v) is 5.94. The van der Waals surface area contributed by atoms with Gasteiger partial charge in [-0.25, -0.2) is 4.39 Å². The third-order valence-corrected chi connectivity index (χ3v) is 1.27. The van der Waals surface area contributed by atoms with Gasteiger partial charge in [-0.3, -0.25) is 4.79 Å². The molecule has 0 spiro atoms. The summed E-state index contributed by atoms with van der Waals surface area (Å²) < 4.78 is 12.8. The second-order valence-corrected chi connectivity index (χ2v) is 2.01. The van der Waals surface area contributed by atoms with Gasteiger partial charge in [0, 0.05) is 10.6 Å². The van der Waals surface area contributed by atoms with Crippen molar-refractivity contribution in [3.8, 4) is 0 Å². The molecule has 0 unspecified atom stereocenters. The molecule has 1 rings (SSSR count). The fraction of sp³-hybridized carbons (Fsp3) is 0. The second-order valence-electron chi connectivity index (χ2n) is 2.01. The first kappa shape index (κ1) is 8.23. The van der Waals surface area contributed by atoms with Gasteiger partial charge in [0.15, 0.2) is 6.29 Å². The molecule has 1 aromatic rings. The Kier molecular flexibility index (Phi) is 2.40. The van der Waals surface area contributed by atoms with E-state index in [1.165, 1.54) is 12.1 Å². The zero-order valence-electron chi connectivity index (χ0n) is 5.94. The van der Waals surface area contributed by atoms with E-state index in [1.807, 2.05) is 0 Å². The lowest BCUT2D eigenvalue weighted by Crippen LogP contribution is -1.84. The number of hydrogen-bond donors (Lipinski definition) is 0. The molecule has 0 aromatic heterocycles. The van der Waals surface area contributed by atoms with E-state index < -0.39 is 5.82 Å². The first-order chi connectivity index (χ1) is 5.77. The largest absolute Gasteiger partial charge is 0.298 e. The lowest BCUT2D eigenvalue weighted by atomic mass is 10.2. The van der Waals surface area contributed by atoms with E-state index in [0.29, 0.717) is 6.29 Å². The van der Waals surface area contributed by atoms with E-state index in [-0.39, 0.29) is 11.3 Å². The summed E-state index contributed by atoms with van der Waals surface area (Å²) in [6.07, 6.45) is 0.398. The Hall–Kier alpha value is -1.87. The maximum Gasteiger partial charge on any atom is 0.152 e. The summed E-state index contributed by atoms with van der Waals surface area (Å²) in [5.41, 5.74) is 8.11. The highest BCUT2D eigenvalue weighted by molar-refractivity contribution is 5.75. The molecule has 0 atom stereocenters. The Morgan fingerprint density at radius 2 is 2.33 bits per heavy atom. The van der Waals surface area contributed by atoms with Crippen LogP contribution < -0.4 is 0 Å².